The van der Waals surface area contributed by atoms with Crippen LogP contribution in [0.4, 0.5) is 10.5 Å². The topological polar surface area (TPSA) is 113 Å². The van der Waals surface area contributed by atoms with E-state index < -0.39 is 14.8 Å². The van der Waals surface area contributed by atoms with Crippen LogP contribution in [0.3, 0.4) is 0 Å². The minimum atomic E-state index is -3.43. The zero-order valence-electron chi connectivity index (χ0n) is 16.2. The highest BCUT2D eigenvalue weighted by Crippen LogP contribution is 2.25. The number of rotatable bonds is 3. The lowest BCUT2D eigenvalue weighted by atomic mass is 10.1. The number of carbonyl (C=O) groups excluding carboxylic acids is 3. The third kappa shape index (κ3) is 4.10. The molecule has 0 unspecified atom stereocenters. The number of hydrogen-bond acceptors (Lipinski definition) is 5. The third-order valence-corrected chi connectivity index (χ3v) is 7.36. The standard InChI is InChI=1S/C19H25N3O5S/c1-19(2,3)28(26,27)21-12-6-8-22(9-7-12)18(25)20-13-4-5-14-15(10-13)17(24)11-16(14)23/h4-5,10,12,21H,6-9,11H2,1-3H3,(H,20,25). The molecule has 0 saturated carbocycles. The number of urea groups is 1. The fourth-order valence-corrected chi connectivity index (χ4v) is 4.26. The fourth-order valence-electron chi connectivity index (χ4n) is 3.23. The smallest absolute Gasteiger partial charge is 0.321 e. The number of Topliss-reactive ketones (excluding diaryl/α,β-unsaturated/α-hetero) is 2. The molecule has 3 rings (SSSR count). The molecule has 1 heterocycles. The summed E-state index contributed by atoms with van der Waals surface area (Å²) < 4.78 is 26.4. The first-order chi connectivity index (χ1) is 13.0. The van der Waals surface area contributed by atoms with Crippen LogP contribution in [0.2, 0.25) is 0 Å². The van der Waals surface area contributed by atoms with E-state index in [4.69, 9.17) is 0 Å². The number of amides is 2. The highest BCUT2D eigenvalue weighted by molar-refractivity contribution is 7.90. The van der Waals surface area contributed by atoms with Crippen LogP contribution in [0, 0.1) is 0 Å². The molecule has 28 heavy (non-hydrogen) atoms. The highest BCUT2D eigenvalue weighted by Gasteiger charge is 2.33. The van der Waals surface area contributed by atoms with Gasteiger partial charge >= 0.3 is 6.03 Å². The Balaban J connectivity index is 1.57. The van der Waals surface area contributed by atoms with Gasteiger partial charge in [-0.2, -0.15) is 0 Å². The first-order valence-corrected chi connectivity index (χ1v) is 10.7. The fraction of sp³-hybridized carbons (Fsp3) is 0.526. The van der Waals surface area contributed by atoms with E-state index in [1.165, 1.54) is 6.07 Å². The Hall–Kier alpha value is -2.26. The van der Waals surface area contributed by atoms with Crippen molar-refractivity contribution in [3.05, 3.63) is 29.3 Å². The van der Waals surface area contributed by atoms with Gasteiger partial charge in [-0.05, 0) is 51.8 Å². The maximum atomic E-state index is 12.5. The second kappa shape index (κ2) is 7.29. The summed E-state index contributed by atoms with van der Waals surface area (Å²) in [4.78, 5) is 37.6. The molecule has 0 spiro atoms. The van der Waals surface area contributed by atoms with Crippen LogP contribution < -0.4 is 10.0 Å². The number of likely N-dealkylation sites (tertiary alicyclic amines) is 1. The first kappa shape index (κ1) is 20.5. The van der Waals surface area contributed by atoms with E-state index >= 15 is 0 Å². The van der Waals surface area contributed by atoms with Gasteiger partial charge in [0.2, 0.25) is 10.0 Å². The van der Waals surface area contributed by atoms with Gasteiger partial charge in [0.25, 0.3) is 0 Å². The van der Waals surface area contributed by atoms with Gasteiger partial charge in [-0.1, -0.05) is 0 Å². The van der Waals surface area contributed by atoms with Gasteiger partial charge in [-0.3, -0.25) is 9.59 Å². The number of nitrogens with zero attached hydrogens (tertiary/aromatic N) is 1. The molecule has 2 N–H and O–H groups in total. The highest BCUT2D eigenvalue weighted by atomic mass is 32.2. The van der Waals surface area contributed by atoms with Crippen LogP contribution in [-0.4, -0.2) is 54.8 Å². The number of benzene rings is 1. The van der Waals surface area contributed by atoms with Crippen LogP contribution >= 0.6 is 0 Å². The third-order valence-electron chi connectivity index (χ3n) is 5.10. The molecule has 1 saturated heterocycles. The van der Waals surface area contributed by atoms with Crippen LogP contribution in [-0.2, 0) is 10.0 Å². The Morgan fingerprint density at radius 2 is 1.68 bits per heavy atom. The van der Waals surface area contributed by atoms with Crippen molar-refractivity contribution in [3.63, 3.8) is 0 Å². The average molecular weight is 407 g/mol. The van der Waals surface area contributed by atoms with Crippen LogP contribution in [0.1, 0.15) is 60.7 Å². The minimum absolute atomic E-state index is 0.120. The van der Waals surface area contributed by atoms with Crippen molar-refractivity contribution in [2.24, 2.45) is 0 Å². The average Bonchev–Trinajstić information content (AvgIpc) is 2.88. The molecule has 152 valence electrons. The summed E-state index contributed by atoms with van der Waals surface area (Å²) in [6, 6.07) is 4.19. The van der Waals surface area contributed by atoms with Crippen molar-refractivity contribution in [2.45, 2.75) is 50.8 Å². The Labute approximate surface area is 164 Å². The zero-order valence-corrected chi connectivity index (χ0v) is 17.1. The van der Waals surface area contributed by atoms with Crippen LogP contribution in [0.5, 0.6) is 0 Å². The number of sulfonamides is 1. The Kier molecular flexibility index (Phi) is 5.33. The summed E-state index contributed by atoms with van der Waals surface area (Å²) in [6.45, 7) is 5.78. The summed E-state index contributed by atoms with van der Waals surface area (Å²) in [5.41, 5.74) is 1.20. The maximum absolute atomic E-state index is 12.5. The number of anilines is 1. The van der Waals surface area contributed by atoms with Gasteiger partial charge in [-0.15, -0.1) is 0 Å². The van der Waals surface area contributed by atoms with Gasteiger partial charge in [0.1, 0.15) is 0 Å². The molecule has 0 radical (unpaired) electrons. The van der Waals surface area contributed by atoms with Crippen molar-refractivity contribution < 1.29 is 22.8 Å². The van der Waals surface area contributed by atoms with Gasteiger partial charge in [-0.25, -0.2) is 17.9 Å². The predicted molar refractivity (Wildman–Crippen MR) is 105 cm³/mol. The Bertz CT molecular complexity index is 925. The predicted octanol–water partition coefficient (Wildman–Crippen LogP) is 2.17. The molecule has 1 aliphatic heterocycles. The van der Waals surface area contributed by atoms with E-state index in [2.05, 4.69) is 10.0 Å². The van der Waals surface area contributed by atoms with Crippen molar-refractivity contribution in [3.8, 4) is 0 Å². The van der Waals surface area contributed by atoms with E-state index in [-0.39, 0.29) is 30.1 Å². The quantitative estimate of drug-likeness (QED) is 0.746. The number of ketones is 2. The van der Waals surface area contributed by atoms with Crippen molar-refractivity contribution >= 4 is 33.3 Å². The first-order valence-electron chi connectivity index (χ1n) is 9.26. The molecule has 1 aromatic carbocycles. The van der Waals surface area contributed by atoms with E-state index in [9.17, 15) is 22.8 Å². The minimum Gasteiger partial charge on any atom is -0.324 e. The lowest BCUT2D eigenvalue weighted by Gasteiger charge is -2.33. The van der Waals surface area contributed by atoms with Crippen molar-refractivity contribution in [1.82, 2.24) is 9.62 Å². The van der Waals surface area contributed by atoms with E-state index in [0.29, 0.717) is 42.7 Å². The normalized spacial score (nSPS) is 18.3. The molecule has 0 bridgehead atoms. The largest absolute Gasteiger partial charge is 0.324 e. The molecule has 0 atom stereocenters. The van der Waals surface area contributed by atoms with Gasteiger partial charge < -0.3 is 10.2 Å². The van der Waals surface area contributed by atoms with Crippen molar-refractivity contribution in [1.29, 1.82) is 0 Å². The Morgan fingerprint density at radius 1 is 1.07 bits per heavy atom. The molecule has 1 fully saturated rings. The SMILES string of the molecule is CC(C)(C)S(=O)(=O)NC1CCN(C(=O)Nc2ccc3c(c2)C(=O)CC3=O)CC1. The number of hydrogen-bond donors (Lipinski definition) is 2. The van der Waals surface area contributed by atoms with Crippen molar-refractivity contribution in [2.75, 3.05) is 18.4 Å². The molecule has 1 aromatic rings. The second-order valence-electron chi connectivity index (χ2n) is 8.21. The van der Waals surface area contributed by atoms with Gasteiger partial charge in [0.15, 0.2) is 11.6 Å². The number of piperidine rings is 1. The molecule has 2 aliphatic rings. The van der Waals surface area contributed by atoms with E-state index in [1.54, 1.807) is 37.8 Å². The number of carbonyl (C=O) groups is 3. The Morgan fingerprint density at radius 3 is 2.29 bits per heavy atom. The van der Waals surface area contributed by atoms with E-state index in [0.717, 1.165) is 0 Å². The monoisotopic (exact) mass is 407 g/mol. The van der Waals surface area contributed by atoms with E-state index in [1.807, 2.05) is 0 Å². The number of nitrogens with one attached hydrogen (secondary N) is 2. The van der Waals surface area contributed by atoms with Crippen LogP contribution in [0.15, 0.2) is 18.2 Å². The number of fused-ring (bicyclic) bond motifs is 1. The molecule has 0 aromatic heterocycles. The second-order valence-corrected chi connectivity index (χ2v) is 10.7. The zero-order chi connectivity index (χ0) is 20.7. The van der Waals surface area contributed by atoms with Gasteiger partial charge in [0, 0.05) is 35.9 Å². The molecule has 9 heteroatoms. The lowest BCUT2D eigenvalue weighted by molar-refractivity contribution is 0.0923. The maximum Gasteiger partial charge on any atom is 0.321 e. The lowest BCUT2D eigenvalue weighted by Crippen LogP contribution is -2.50. The molecule has 2 amide bonds. The molecule has 1 aliphatic carbocycles. The summed E-state index contributed by atoms with van der Waals surface area (Å²) in [7, 11) is -3.43. The summed E-state index contributed by atoms with van der Waals surface area (Å²) in [5, 5.41) is 2.75. The van der Waals surface area contributed by atoms with Gasteiger partial charge in [0.05, 0.1) is 11.2 Å². The molecular formula is C19H25N3O5S. The summed E-state index contributed by atoms with van der Waals surface area (Å²) in [6.07, 6.45) is 0.935. The molecule has 8 nitrogen and oxygen atoms in total. The molecular weight excluding hydrogens is 382 g/mol. The summed E-state index contributed by atoms with van der Waals surface area (Å²) >= 11 is 0. The summed E-state index contributed by atoms with van der Waals surface area (Å²) in [5.74, 6) is -0.430. The van der Waals surface area contributed by atoms with Crippen LogP contribution in [0.25, 0.3) is 0 Å².